The first-order chi connectivity index (χ1) is 18.0. The molecule has 3 heterocycles. The van der Waals surface area contributed by atoms with Crippen molar-refractivity contribution in [1.82, 2.24) is 15.0 Å². The minimum Gasteiger partial charge on any atom is -0.493 e. The van der Waals surface area contributed by atoms with Crippen molar-refractivity contribution in [2.24, 2.45) is 0 Å². The average molecular weight is 548 g/mol. The third-order valence-electron chi connectivity index (χ3n) is 5.04. The standard InChI is InChI=1S/C18H17N3O5S.C7H8F2.C2H6/c1-27(24,25)21-18(23)17-16(11-3-2-5-19-9-14(11)22)12-8-15-10(4-6-26-15)7-13(12)20-17;1-3-4-7(9)5-6(2)8;1-2/h2-3,5,7-8,19-20H,4,6,9H2,1H3,(H,21,23);3-5H,1H2,2H3;1-2H3/b;6-5+,7-4+;. The van der Waals surface area contributed by atoms with Crippen molar-refractivity contribution in [3.8, 4) is 5.75 Å². The van der Waals surface area contributed by atoms with E-state index in [0.717, 1.165) is 30.4 Å². The van der Waals surface area contributed by atoms with Gasteiger partial charge in [0.25, 0.3) is 5.91 Å². The summed E-state index contributed by atoms with van der Waals surface area (Å²) in [7, 11) is -3.76. The number of hydrogen-bond acceptors (Lipinski definition) is 6. The number of sulfonamides is 1. The zero-order valence-corrected chi connectivity index (χ0v) is 22.5. The quantitative estimate of drug-likeness (QED) is 0.464. The summed E-state index contributed by atoms with van der Waals surface area (Å²) in [6, 6.07) is 3.66. The van der Waals surface area contributed by atoms with Gasteiger partial charge in [0.05, 0.1) is 25.2 Å². The Morgan fingerprint density at radius 3 is 2.58 bits per heavy atom. The number of carbonyl (C=O) groups is 2. The molecule has 0 saturated carbocycles. The number of fused-ring (bicyclic) bond motifs is 2. The SMILES string of the molecule is C=C/C=C(F)\C=C(/C)F.CC.CS(=O)(=O)NC(=O)c1[nH]c2cc3c(cc2c1C1=CC=CNCC1=O)OCC3. The molecule has 8 nitrogen and oxygen atoms in total. The van der Waals surface area contributed by atoms with E-state index in [4.69, 9.17) is 4.74 Å². The maximum atomic E-state index is 12.6. The summed E-state index contributed by atoms with van der Waals surface area (Å²) in [5, 5.41) is 3.48. The summed E-state index contributed by atoms with van der Waals surface area (Å²) in [6.07, 6.45) is 9.70. The van der Waals surface area contributed by atoms with E-state index >= 15 is 0 Å². The fourth-order valence-corrected chi connectivity index (χ4v) is 4.10. The first-order valence-corrected chi connectivity index (χ1v) is 13.7. The molecule has 0 unspecified atom stereocenters. The van der Waals surface area contributed by atoms with Crippen LogP contribution in [0.25, 0.3) is 16.5 Å². The van der Waals surface area contributed by atoms with Crippen LogP contribution in [0.1, 0.15) is 42.4 Å². The number of aromatic nitrogens is 1. The molecule has 0 radical (unpaired) electrons. The van der Waals surface area contributed by atoms with E-state index in [0.29, 0.717) is 34.4 Å². The van der Waals surface area contributed by atoms with E-state index in [2.05, 4.69) is 16.9 Å². The van der Waals surface area contributed by atoms with Gasteiger partial charge in [0.15, 0.2) is 5.78 Å². The Labute approximate surface area is 220 Å². The molecule has 2 aromatic rings. The largest absolute Gasteiger partial charge is 0.493 e. The van der Waals surface area contributed by atoms with E-state index in [1.54, 1.807) is 24.4 Å². The zero-order valence-electron chi connectivity index (χ0n) is 21.7. The number of nitrogens with one attached hydrogen (secondary N) is 3. The molecule has 1 aromatic heterocycles. The fraction of sp³-hybridized carbons (Fsp3) is 0.259. The molecule has 0 bridgehead atoms. The van der Waals surface area contributed by atoms with E-state index in [1.165, 1.54) is 13.0 Å². The molecule has 0 spiro atoms. The number of allylic oxidation sites excluding steroid dienone is 7. The Kier molecular flexibility index (Phi) is 10.8. The maximum absolute atomic E-state index is 12.6. The van der Waals surface area contributed by atoms with E-state index < -0.39 is 27.6 Å². The Morgan fingerprint density at radius 2 is 1.95 bits per heavy atom. The molecule has 1 amide bonds. The highest BCUT2D eigenvalue weighted by Gasteiger charge is 2.27. The van der Waals surface area contributed by atoms with Crippen LogP contribution in [0.4, 0.5) is 8.78 Å². The zero-order chi connectivity index (χ0) is 28.5. The number of hydrogen-bond donors (Lipinski definition) is 3. The number of ketones is 1. The van der Waals surface area contributed by atoms with Gasteiger partial charge in [0.2, 0.25) is 10.0 Å². The number of benzene rings is 1. The normalized spacial score (nSPS) is 15.0. The molecule has 2 aliphatic rings. The number of rotatable bonds is 5. The maximum Gasteiger partial charge on any atom is 0.281 e. The lowest BCUT2D eigenvalue weighted by atomic mass is 9.96. The van der Waals surface area contributed by atoms with Gasteiger partial charge in [-0.1, -0.05) is 26.5 Å². The number of carbonyl (C=O) groups excluding carboxylic acids is 2. The Balaban J connectivity index is 0.000000394. The smallest absolute Gasteiger partial charge is 0.281 e. The monoisotopic (exact) mass is 547 g/mol. The van der Waals surface area contributed by atoms with Gasteiger partial charge in [-0.3, -0.25) is 9.59 Å². The van der Waals surface area contributed by atoms with Gasteiger partial charge in [-0.25, -0.2) is 21.9 Å². The number of amides is 1. The molecule has 2 aliphatic heterocycles. The van der Waals surface area contributed by atoms with Crippen molar-refractivity contribution in [1.29, 1.82) is 0 Å². The van der Waals surface area contributed by atoms with Crippen LogP contribution < -0.4 is 14.8 Å². The van der Waals surface area contributed by atoms with Gasteiger partial charge in [-0.05, 0) is 49.0 Å². The van der Waals surface area contributed by atoms with E-state index in [-0.39, 0.29) is 18.0 Å². The van der Waals surface area contributed by atoms with Gasteiger partial charge >= 0.3 is 0 Å². The topological polar surface area (TPSA) is 117 Å². The molecule has 11 heteroatoms. The van der Waals surface area contributed by atoms with Gasteiger partial charge in [-0.15, -0.1) is 0 Å². The Hall–Kier alpha value is -3.99. The molecule has 0 atom stereocenters. The van der Waals surface area contributed by atoms with Gasteiger partial charge in [0, 0.05) is 34.5 Å². The van der Waals surface area contributed by atoms with Gasteiger partial charge in [-0.2, -0.15) is 0 Å². The second-order valence-electron chi connectivity index (χ2n) is 7.94. The van der Waals surface area contributed by atoms with Crippen molar-refractivity contribution in [3.05, 3.63) is 83.8 Å². The number of aromatic amines is 1. The van der Waals surface area contributed by atoms with Crippen LogP contribution in [-0.2, 0) is 21.2 Å². The number of ether oxygens (including phenoxy) is 1. The highest BCUT2D eigenvalue weighted by molar-refractivity contribution is 7.89. The molecule has 4 rings (SSSR count). The van der Waals surface area contributed by atoms with Crippen LogP contribution in [0.5, 0.6) is 5.75 Å². The minimum atomic E-state index is -3.76. The molecule has 38 heavy (non-hydrogen) atoms. The van der Waals surface area contributed by atoms with Crippen molar-refractivity contribution < 1.29 is 31.5 Å². The highest BCUT2D eigenvalue weighted by atomic mass is 32.2. The van der Waals surface area contributed by atoms with Crippen LogP contribution in [-0.4, -0.2) is 44.5 Å². The van der Waals surface area contributed by atoms with Crippen molar-refractivity contribution in [3.63, 3.8) is 0 Å². The highest BCUT2D eigenvalue weighted by Crippen LogP contribution is 2.36. The molecular weight excluding hydrogens is 516 g/mol. The Bertz CT molecular complexity index is 1450. The predicted molar refractivity (Wildman–Crippen MR) is 146 cm³/mol. The summed E-state index contributed by atoms with van der Waals surface area (Å²) < 4.78 is 54.6. The number of halogens is 2. The van der Waals surface area contributed by atoms with Crippen molar-refractivity contribution in [2.45, 2.75) is 27.2 Å². The van der Waals surface area contributed by atoms with E-state index in [9.17, 15) is 26.8 Å². The molecule has 0 aliphatic carbocycles. The molecule has 0 fully saturated rings. The summed E-state index contributed by atoms with van der Waals surface area (Å²) in [6.45, 7) is 9.07. The van der Waals surface area contributed by atoms with Crippen LogP contribution in [0.15, 0.2) is 66.9 Å². The van der Waals surface area contributed by atoms with E-state index in [1.807, 2.05) is 24.6 Å². The molecule has 204 valence electrons. The average Bonchev–Trinajstić information content (AvgIpc) is 3.37. The van der Waals surface area contributed by atoms with Crippen LogP contribution in [0.2, 0.25) is 0 Å². The molecule has 0 saturated heterocycles. The minimum absolute atomic E-state index is 0.0222. The fourth-order valence-electron chi connectivity index (χ4n) is 3.66. The van der Waals surface area contributed by atoms with Crippen molar-refractivity contribution in [2.75, 3.05) is 19.4 Å². The lowest BCUT2D eigenvalue weighted by Crippen LogP contribution is -2.30. The summed E-state index contributed by atoms with van der Waals surface area (Å²) >= 11 is 0. The molecule has 1 aromatic carbocycles. The predicted octanol–water partition coefficient (Wildman–Crippen LogP) is 4.79. The molecular formula is C27H31F2N3O5S. The summed E-state index contributed by atoms with van der Waals surface area (Å²) in [5.41, 5.74) is 2.34. The Morgan fingerprint density at radius 1 is 1.24 bits per heavy atom. The number of H-pyrrole nitrogens is 1. The summed E-state index contributed by atoms with van der Waals surface area (Å²) in [5.74, 6) is -1.50. The van der Waals surface area contributed by atoms with Crippen LogP contribution >= 0.6 is 0 Å². The second kappa shape index (κ2) is 13.5. The van der Waals surface area contributed by atoms with Crippen molar-refractivity contribution >= 4 is 38.2 Å². The van der Waals surface area contributed by atoms with Crippen LogP contribution in [0.3, 0.4) is 0 Å². The third-order valence-corrected chi connectivity index (χ3v) is 5.59. The lowest BCUT2D eigenvalue weighted by molar-refractivity contribution is -0.112. The first-order valence-electron chi connectivity index (χ1n) is 11.8. The van der Waals surface area contributed by atoms with Gasteiger partial charge in [0.1, 0.15) is 17.3 Å². The second-order valence-corrected chi connectivity index (χ2v) is 9.69. The molecule has 3 N–H and O–H groups in total. The van der Waals surface area contributed by atoms with Crippen LogP contribution in [0, 0.1) is 0 Å². The lowest BCUT2D eigenvalue weighted by Gasteiger charge is -2.08. The summed E-state index contributed by atoms with van der Waals surface area (Å²) in [4.78, 5) is 28.2. The van der Waals surface area contributed by atoms with Gasteiger partial charge < -0.3 is 15.0 Å². The third kappa shape index (κ3) is 8.01. The number of Topliss-reactive ketones (excluding diaryl/α,β-unsaturated/α-hetero) is 1. The first kappa shape index (κ1) is 30.2.